The first kappa shape index (κ1) is 19.7. The van der Waals surface area contributed by atoms with Crippen molar-refractivity contribution in [1.82, 2.24) is 18.9 Å². The van der Waals surface area contributed by atoms with Crippen LogP contribution in [0.1, 0.15) is 16.2 Å². The number of hydrogen-bond donors (Lipinski definition) is 0. The Morgan fingerprint density at radius 1 is 1.16 bits per heavy atom. The normalized spacial score (nSPS) is 15.1. The van der Waals surface area contributed by atoms with Gasteiger partial charge in [0.1, 0.15) is 5.69 Å². The fourth-order valence-corrected chi connectivity index (χ4v) is 3.38. The summed E-state index contributed by atoms with van der Waals surface area (Å²) in [7, 11) is 1.99. The van der Waals surface area contributed by atoms with Crippen molar-refractivity contribution in [2.45, 2.75) is 6.92 Å². The molecule has 25 heavy (non-hydrogen) atoms. The van der Waals surface area contributed by atoms with Crippen LogP contribution in [-0.4, -0.2) is 57.5 Å². The number of ether oxygens (including phenoxy) is 1. The number of benzene rings is 1. The zero-order chi connectivity index (χ0) is 16.0. The van der Waals surface area contributed by atoms with E-state index in [1.807, 2.05) is 41.1 Å². The van der Waals surface area contributed by atoms with Crippen molar-refractivity contribution >= 4 is 47.4 Å². The van der Waals surface area contributed by atoms with Crippen LogP contribution in [0.3, 0.4) is 0 Å². The summed E-state index contributed by atoms with van der Waals surface area (Å²) >= 11 is 0. The predicted octanol–water partition coefficient (Wildman–Crippen LogP) is 2.49. The summed E-state index contributed by atoms with van der Waals surface area (Å²) in [5.74, 6) is 0.933. The number of para-hydroxylation sites is 2. The molecule has 0 radical (unpaired) electrons. The van der Waals surface area contributed by atoms with Crippen LogP contribution >= 0.6 is 24.8 Å². The van der Waals surface area contributed by atoms with Gasteiger partial charge in [0, 0.05) is 20.1 Å². The van der Waals surface area contributed by atoms with Gasteiger partial charge in [0.15, 0.2) is 5.78 Å². The van der Waals surface area contributed by atoms with Gasteiger partial charge in [0.25, 0.3) is 0 Å². The molecule has 1 aromatic carbocycles. The molecule has 8 heteroatoms. The maximum Gasteiger partial charge on any atom is 0.215 e. The molecule has 4 rings (SSSR count). The third-order valence-electron chi connectivity index (χ3n) is 4.55. The van der Waals surface area contributed by atoms with E-state index in [-0.39, 0.29) is 30.6 Å². The number of carbonyl (C=O) groups is 1. The van der Waals surface area contributed by atoms with Gasteiger partial charge in [-0.15, -0.1) is 24.8 Å². The quantitative estimate of drug-likeness (QED) is 0.651. The molecule has 0 N–H and O–H groups in total. The van der Waals surface area contributed by atoms with Crippen LogP contribution in [0.15, 0.2) is 24.3 Å². The molecule has 0 bridgehead atoms. The molecule has 0 unspecified atom stereocenters. The standard InChI is InChI=1S/C17H20N4O2.2ClH/c1-12-16(15(22)11-20-7-9-23-10-8-20)21-14-6-4-3-5-13(14)19(2)17(21)18-12;;/h3-6H,7-11H2,1-2H3;2*1H. The van der Waals surface area contributed by atoms with Crippen molar-refractivity contribution < 1.29 is 9.53 Å². The molecule has 3 heterocycles. The predicted molar refractivity (Wildman–Crippen MR) is 102 cm³/mol. The number of nitrogens with zero attached hydrogens (tertiary/aromatic N) is 4. The molecular weight excluding hydrogens is 363 g/mol. The number of rotatable bonds is 3. The van der Waals surface area contributed by atoms with E-state index in [1.165, 1.54) is 0 Å². The molecule has 0 spiro atoms. The lowest BCUT2D eigenvalue weighted by Crippen LogP contribution is -2.39. The first-order valence-corrected chi connectivity index (χ1v) is 7.92. The van der Waals surface area contributed by atoms with Crippen LogP contribution in [0, 0.1) is 6.92 Å². The van der Waals surface area contributed by atoms with Gasteiger partial charge in [0.2, 0.25) is 5.78 Å². The fourth-order valence-electron chi connectivity index (χ4n) is 3.38. The highest BCUT2D eigenvalue weighted by Gasteiger charge is 2.23. The molecule has 1 saturated heterocycles. The van der Waals surface area contributed by atoms with E-state index in [9.17, 15) is 4.79 Å². The average molecular weight is 385 g/mol. The van der Waals surface area contributed by atoms with Gasteiger partial charge in [-0.1, -0.05) is 12.1 Å². The highest BCUT2D eigenvalue weighted by molar-refractivity contribution is 6.00. The summed E-state index contributed by atoms with van der Waals surface area (Å²) in [6, 6.07) is 8.09. The largest absolute Gasteiger partial charge is 0.379 e. The van der Waals surface area contributed by atoms with Gasteiger partial charge < -0.3 is 9.30 Å². The van der Waals surface area contributed by atoms with Crippen LogP contribution in [0.4, 0.5) is 0 Å². The summed E-state index contributed by atoms with van der Waals surface area (Å²) in [6.07, 6.45) is 0. The number of morpholine rings is 1. The summed E-state index contributed by atoms with van der Waals surface area (Å²) in [4.78, 5) is 19.7. The molecule has 136 valence electrons. The van der Waals surface area contributed by atoms with Gasteiger partial charge in [0.05, 0.1) is 36.5 Å². The Morgan fingerprint density at radius 3 is 2.48 bits per heavy atom. The number of aryl methyl sites for hydroxylation is 2. The average Bonchev–Trinajstić information content (AvgIpc) is 3.04. The molecule has 6 nitrogen and oxygen atoms in total. The van der Waals surface area contributed by atoms with Crippen LogP contribution in [-0.2, 0) is 11.8 Å². The zero-order valence-corrected chi connectivity index (χ0v) is 15.9. The molecule has 0 amide bonds. The van der Waals surface area contributed by atoms with Gasteiger partial charge in [-0.2, -0.15) is 0 Å². The number of halogens is 2. The molecule has 0 atom stereocenters. The number of aromatic nitrogens is 3. The number of hydrogen-bond acceptors (Lipinski definition) is 4. The van der Waals surface area contributed by atoms with E-state index in [2.05, 4.69) is 16.0 Å². The minimum atomic E-state index is 0. The monoisotopic (exact) mass is 384 g/mol. The third-order valence-corrected chi connectivity index (χ3v) is 4.55. The summed E-state index contributed by atoms with van der Waals surface area (Å²) < 4.78 is 9.38. The van der Waals surface area contributed by atoms with E-state index >= 15 is 0 Å². The van der Waals surface area contributed by atoms with Gasteiger partial charge >= 0.3 is 0 Å². The second kappa shape index (κ2) is 7.74. The lowest BCUT2D eigenvalue weighted by molar-refractivity contribution is 0.0370. The second-order valence-corrected chi connectivity index (χ2v) is 6.04. The highest BCUT2D eigenvalue weighted by atomic mass is 35.5. The summed E-state index contributed by atoms with van der Waals surface area (Å²) in [5, 5.41) is 0. The lowest BCUT2D eigenvalue weighted by atomic mass is 10.2. The molecule has 2 aromatic heterocycles. The number of Topliss-reactive ketones (excluding diaryl/α,β-unsaturated/α-hetero) is 1. The summed E-state index contributed by atoms with van der Waals surface area (Å²) in [5.41, 5.74) is 3.59. The van der Waals surface area contributed by atoms with Gasteiger partial charge in [-0.25, -0.2) is 4.98 Å². The number of carbonyl (C=O) groups excluding carboxylic acids is 1. The highest BCUT2D eigenvalue weighted by Crippen LogP contribution is 2.23. The Morgan fingerprint density at radius 2 is 1.80 bits per heavy atom. The zero-order valence-electron chi connectivity index (χ0n) is 14.3. The molecule has 1 fully saturated rings. The second-order valence-electron chi connectivity index (χ2n) is 6.04. The van der Waals surface area contributed by atoms with E-state index in [0.717, 1.165) is 35.6 Å². The minimum Gasteiger partial charge on any atom is -0.379 e. The molecule has 1 aliphatic heterocycles. The Kier molecular flexibility index (Phi) is 6.11. The van der Waals surface area contributed by atoms with Crippen LogP contribution in [0.5, 0.6) is 0 Å². The van der Waals surface area contributed by atoms with Crippen LogP contribution in [0.25, 0.3) is 16.8 Å². The fraction of sp³-hybridized carbons (Fsp3) is 0.412. The number of ketones is 1. The number of imidazole rings is 2. The molecule has 0 aliphatic carbocycles. The maximum atomic E-state index is 12.9. The molecular formula is C17H22Cl2N4O2. The Balaban J connectivity index is 0.00000113. The van der Waals surface area contributed by atoms with Gasteiger partial charge in [-0.05, 0) is 19.1 Å². The maximum absolute atomic E-state index is 12.9. The van der Waals surface area contributed by atoms with Crippen LogP contribution in [0.2, 0.25) is 0 Å². The summed E-state index contributed by atoms with van der Waals surface area (Å²) in [6.45, 7) is 5.34. The van der Waals surface area contributed by atoms with E-state index in [0.29, 0.717) is 25.5 Å². The van der Waals surface area contributed by atoms with Crippen LogP contribution < -0.4 is 0 Å². The smallest absolute Gasteiger partial charge is 0.215 e. The van der Waals surface area contributed by atoms with Crippen molar-refractivity contribution in [2.75, 3.05) is 32.8 Å². The van der Waals surface area contributed by atoms with E-state index in [1.54, 1.807) is 0 Å². The minimum absolute atomic E-state index is 0. The van der Waals surface area contributed by atoms with Crippen molar-refractivity contribution in [3.63, 3.8) is 0 Å². The Labute approximate surface area is 158 Å². The SMILES string of the molecule is Cc1nc2n(C)c3ccccc3n2c1C(=O)CN1CCOCC1.Cl.Cl. The van der Waals surface area contributed by atoms with Gasteiger partial charge in [-0.3, -0.25) is 14.1 Å². The van der Waals surface area contributed by atoms with Crippen molar-refractivity contribution in [3.8, 4) is 0 Å². The van der Waals surface area contributed by atoms with Crippen molar-refractivity contribution in [1.29, 1.82) is 0 Å². The Hall–Kier alpha value is -1.60. The third kappa shape index (κ3) is 3.27. The topological polar surface area (TPSA) is 51.8 Å². The Bertz CT molecular complexity index is 897. The lowest BCUT2D eigenvalue weighted by Gasteiger charge is -2.25. The van der Waals surface area contributed by atoms with Crippen molar-refractivity contribution in [3.05, 3.63) is 35.7 Å². The van der Waals surface area contributed by atoms with Crippen molar-refractivity contribution in [2.24, 2.45) is 7.05 Å². The number of fused-ring (bicyclic) bond motifs is 3. The molecule has 1 aliphatic rings. The first-order valence-electron chi connectivity index (χ1n) is 7.92. The molecule has 3 aromatic rings. The first-order chi connectivity index (χ1) is 11.2. The van der Waals surface area contributed by atoms with E-state index in [4.69, 9.17) is 4.74 Å². The van der Waals surface area contributed by atoms with E-state index < -0.39 is 0 Å². The molecule has 0 saturated carbocycles.